The Hall–Kier alpha value is -1.60. The molecule has 6 nitrogen and oxygen atoms in total. The molecule has 17 heavy (non-hydrogen) atoms. The quantitative estimate of drug-likeness (QED) is 0.610. The van der Waals surface area contributed by atoms with Gasteiger partial charge in [-0.05, 0) is 18.2 Å². The van der Waals surface area contributed by atoms with Gasteiger partial charge in [-0.2, -0.15) is 4.98 Å². The van der Waals surface area contributed by atoms with Crippen LogP contribution in [0.4, 0.5) is 0 Å². The third-order valence-corrected chi connectivity index (χ3v) is 2.99. The number of rotatable bonds is 2. The molecule has 0 saturated carbocycles. The minimum atomic E-state index is -4.03. The first-order valence-electron chi connectivity index (χ1n) is 4.35. The van der Waals surface area contributed by atoms with E-state index in [0.717, 1.165) is 0 Å². The van der Waals surface area contributed by atoms with E-state index in [0.29, 0.717) is 0 Å². The Bertz CT molecular complexity index is 690. The van der Waals surface area contributed by atoms with E-state index in [1.165, 1.54) is 25.3 Å². The highest BCUT2D eigenvalue weighted by Crippen LogP contribution is 2.22. The van der Waals surface area contributed by atoms with Gasteiger partial charge in [0.1, 0.15) is 5.52 Å². The molecule has 0 spiro atoms. The standard InChI is InChI=1S/C9H6ClNO5S/c1-15-8(12)5-2-3-6-7(4-5)16-9(11-6)17(10,13)14/h2-4H,1H3. The van der Waals surface area contributed by atoms with E-state index in [1.54, 1.807) is 0 Å². The van der Waals surface area contributed by atoms with E-state index >= 15 is 0 Å². The molecule has 1 aromatic carbocycles. The van der Waals surface area contributed by atoms with Gasteiger partial charge in [-0.1, -0.05) is 0 Å². The third kappa shape index (κ3) is 2.25. The number of hydrogen-bond acceptors (Lipinski definition) is 6. The van der Waals surface area contributed by atoms with Crippen LogP contribution < -0.4 is 0 Å². The van der Waals surface area contributed by atoms with Gasteiger partial charge in [0.15, 0.2) is 5.58 Å². The number of aromatic nitrogens is 1. The summed E-state index contributed by atoms with van der Waals surface area (Å²) in [5, 5.41) is -0.601. The van der Waals surface area contributed by atoms with Crippen molar-refractivity contribution in [3.63, 3.8) is 0 Å². The molecule has 0 radical (unpaired) electrons. The number of halogens is 1. The normalized spacial score (nSPS) is 11.6. The largest absolute Gasteiger partial charge is 0.465 e. The van der Waals surface area contributed by atoms with Crippen LogP contribution in [0.3, 0.4) is 0 Å². The zero-order valence-electron chi connectivity index (χ0n) is 8.51. The lowest BCUT2D eigenvalue weighted by Gasteiger charge is -1.96. The van der Waals surface area contributed by atoms with Crippen LogP contribution in [0, 0.1) is 0 Å². The molecule has 2 rings (SSSR count). The molecule has 0 saturated heterocycles. The van der Waals surface area contributed by atoms with E-state index in [2.05, 4.69) is 9.72 Å². The number of ether oxygens (including phenoxy) is 1. The molecule has 0 N–H and O–H groups in total. The van der Waals surface area contributed by atoms with Gasteiger partial charge >= 0.3 is 20.2 Å². The first kappa shape index (κ1) is 11.9. The molecule has 1 aromatic heterocycles. The third-order valence-electron chi connectivity index (χ3n) is 2.00. The molecule has 0 unspecified atom stereocenters. The topological polar surface area (TPSA) is 86.5 Å². The predicted octanol–water partition coefficient (Wildman–Crippen LogP) is 1.54. The summed E-state index contributed by atoms with van der Waals surface area (Å²) >= 11 is 0. The van der Waals surface area contributed by atoms with Crippen LogP contribution in [0.15, 0.2) is 27.8 Å². The number of carbonyl (C=O) groups excluding carboxylic acids is 1. The Kier molecular flexibility index (Phi) is 2.80. The maximum Gasteiger partial charge on any atom is 0.337 e. The highest BCUT2D eigenvalue weighted by atomic mass is 35.7. The Balaban J connectivity index is 2.60. The van der Waals surface area contributed by atoms with Crippen molar-refractivity contribution in [2.24, 2.45) is 0 Å². The molecule has 8 heteroatoms. The van der Waals surface area contributed by atoms with Crippen molar-refractivity contribution in [1.82, 2.24) is 4.98 Å². The maximum absolute atomic E-state index is 11.2. The molecule has 0 fully saturated rings. The van der Waals surface area contributed by atoms with Crippen LogP contribution in [0.25, 0.3) is 11.1 Å². The van der Waals surface area contributed by atoms with Crippen LogP contribution in [0.1, 0.15) is 10.4 Å². The van der Waals surface area contributed by atoms with Gasteiger partial charge in [0, 0.05) is 10.7 Å². The lowest BCUT2D eigenvalue weighted by Crippen LogP contribution is -2.00. The number of fused-ring (bicyclic) bond motifs is 1. The minimum absolute atomic E-state index is 0.145. The van der Waals surface area contributed by atoms with Crippen molar-refractivity contribution in [3.8, 4) is 0 Å². The smallest absolute Gasteiger partial charge is 0.337 e. The maximum atomic E-state index is 11.2. The van der Waals surface area contributed by atoms with E-state index in [4.69, 9.17) is 15.1 Å². The average molecular weight is 276 g/mol. The number of esters is 1. The second-order valence-corrected chi connectivity index (χ2v) is 5.54. The van der Waals surface area contributed by atoms with Gasteiger partial charge in [0.2, 0.25) is 0 Å². The van der Waals surface area contributed by atoms with Gasteiger partial charge in [0.25, 0.3) is 0 Å². The summed E-state index contributed by atoms with van der Waals surface area (Å²) in [5.74, 6) is -0.557. The monoisotopic (exact) mass is 275 g/mol. The predicted molar refractivity (Wildman–Crippen MR) is 58.4 cm³/mol. The lowest BCUT2D eigenvalue weighted by molar-refractivity contribution is 0.0601. The van der Waals surface area contributed by atoms with E-state index in [-0.39, 0.29) is 16.7 Å². The molecule has 0 bridgehead atoms. The first-order chi connectivity index (χ1) is 7.91. The summed E-state index contributed by atoms with van der Waals surface area (Å²) < 4.78 is 31.4. The van der Waals surface area contributed by atoms with Crippen LogP contribution in [0.2, 0.25) is 0 Å². The molecule has 90 valence electrons. The average Bonchev–Trinajstić information content (AvgIpc) is 2.70. The summed E-state index contributed by atoms with van der Waals surface area (Å²) in [6.45, 7) is 0. The number of benzene rings is 1. The first-order valence-corrected chi connectivity index (χ1v) is 6.66. The van der Waals surface area contributed by atoms with E-state index in [9.17, 15) is 13.2 Å². The molecule has 0 aliphatic heterocycles. The zero-order valence-corrected chi connectivity index (χ0v) is 10.1. The number of carbonyl (C=O) groups is 1. The summed E-state index contributed by atoms with van der Waals surface area (Å²) in [4.78, 5) is 14.9. The van der Waals surface area contributed by atoms with Crippen molar-refractivity contribution in [1.29, 1.82) is 0 Å². The fourth-order valence-corrected chi connectivity index (χ4v) is 1.85. The highest BCUT2D eigenvalue weighted by molar-refractivity contribution is 8.13. The number of nitrogens with zero attached hydrogens (tertiary/aromatic N) is 1. The molecule has 2 aromatic rings. The van der Waals surface area contributed by atoms with Gasteiger partial charge in [-0.15, -0.1) is 0 Å². The number of hydrogen-bond donors (Lipinski definition) is 0. The van der Waals surface area contributed by atoms with Crippen LogP contribution in [-0.4, -0.2) is 26.5 Å². The van der Waals surface area contributed by atoms with Gasteiger partial charge < -0.3 is 9.15 Å². The Morgan fingerprint density at radius 2 is 2.18 bits per heavy atom. The van der Waals surface area contributed by atoms with E-state index in [1.807, 2.05) is 0 Å². The fourth-order valence-electron chi connectivity index (χ4n) is 1.25. The highest BCUT2D eigenvalue weighted by Gasteiger charge is 2.19. The molecule has 0 amide bonds. The van der Waals surface area contributed by atoms with Crippen molar-refractivity contribution in [3.05, 3.63) is 23.8 Å². The number of methoxy groups -OCH3 is 1. The van der Waals surface area contributed by atoms with E-state index < -0.39 is 20.2 Å². The van der Waals surface area contributed by atoms with Gasteiger partial charge in [0.05, 0.1) is 12.7 Å². The molecule has 0 aliphatic carbocycles. The fraction of sp³-hybridized carbons (Fsp3) is 0.111. The summed E-state index contributed by atoms with van der Waals surface area (Å²) in [6, 6.07) is 4.22. The molecule has 0 aliphatic rings. The van der Waals surface area contributed by atoms with Crippen molar-refractivity contribution >= 4 is 36.8 Å². The SMILES string of the molecule is COC(=O)c1ccc2nc(S(=O)(=O)Cl)oc2c1. The molecular formula is C9H6ClNO5S. The van der Waals surface area contributed by atoms with Gasteiger partial charge in [-0.25, -0.2) is 13.2 Å². The Morgan fingerprint density at radius 1 is 1.47 bits per heavy atom. The van der Waals surface area contributed by atoms with Crippen molar-refractivity contribution in [2.75, 3.05) is 7.11 Å². The van der Waals surface area contributed by atoms with Gasteiger partial charge in [-0.3, -0.25) is 0 Å². The molecular weight excluding hydrogens is 270 g/mol. The van der Waals surface area contributed by atoms with Crippen LogP contribution in [0.5, 0.6) is 0 Å². The molecule has 0 atom stereocenters. The summed E-state index contributed by atoms with van der Waals surface area (Å²) in [5.41, 5.74) is 0.665. The Morgan fingerprint density at radius 3 is 2.76 bits per heavy atom. The minimum Gasteiger partial charge on any atom is -0.465 e. The lowest BCUT2D eigenvalue weighted by atomic mass is 10.2. The summed E-state index contributed by atoms with van der Waals surface area (Å²) in [7, 11) is 2.30. The van der Waals surface area contributed by atoms with Crippen molar-refractivity contribution < 1.29 is 22.4 Å². The number of oxazole rings is 1. The molecule has 1 heterocycles. The second kappa shape index (κ2) is 4.01. The second-order valence-electron chi connectivity index (χ2n) is 3.09. The van der Waals surface area contributed by atoms with Crippen LogP contribution >= 0.6 is 10.7 Å². The zero-order chi connectivity index (χ0) is 12.6. The Labute approximate surface area is 101 Å². The van der Waals surface area contributed by atoms with Crippen molar-refractivity contribution in [2.45, 2.75) is 5.22 Å². The van der Waals surface area contributed by atoms with Crippen LogP contribution in [-0.2, 0) is 13.8 Å². The summed E-state index contributed by atoms with van der Waals surface area (Å²) in [6.07, 6.45) is 0.